The van der Waals surface area contributed by atoms with E-state index in [1.807, 2.05) is 6.07 Å². The molecular weight excluding hydrogens is 214 g/mol. The van der Waals surface area contributed by atoms with Crippen LogP contribution in [0.5, 0.6) is 0 Å². The number of hydrogen-bond donors (Lipinski definition) is 0. The minimum absolute atomic E-state index is 0.144. The molecule has 4 nitrogen and oxygen atoms in total. The lowest BCUT2D eigenvalue weighted by Crippen LogP contribution is -2.27. The molecule has 0 N–H and O–H groups in total. The van der Waals surface area contributed by atoms with E-state index in [4.69, 9.17) is 6.42 Å². The molecule has 0 atom stereocenters. The van der Waals surface area contributed by atoms with Gasteiger partial charge in [0.25, 0.3) is 5.91 Å². The van der Waals surface area contributed by atoms with Gasteiger partial charge in [0, 0.05) is 19.4 Å². The summed E-state index contributed by atoms with van der Waals surface area (Å²) < 4.78 is 0. The van der Waals surface area contributed by atoms with Crippen LogP contribution in [0.25, 0.3) is 11.0 Å². The van der Waals surface area contributed by atoms with E-state index in [1.165, 1.54) is 4.90 Å². The largest absolute Gasteiger partial charge is 0.330 e. The summed E-state index contributed by atoms with van der Waals surface area (Å²) in [6, 6.07) is 5.33. The molecule has 0 bridgehead atoms. The third kappa shape index (κ3) is 2.08. The number of carbonyl (C=O) groups is 1. The monoisotopic (exact) mass is 225 g/mol. The van der Waals surface area contributed by atoms with Crippen molar-refractivity contribution in [2.75, 3.05) is 13.6 Å². The van der Waals surface area contributed by atoms with Crippen molar-refractivity contribution in [1.29, 1.82) is 0 Å². The molecule has 1 aromatic carbocycles. The van der Waals surface area contributed by atoms with E-state index in [9.17, 15) is 4.79 Å². The molecule has 0 aliphatic rings. The maximum absolute atomic E-state index is 12.1. The molecule has 0 fully saturated rings. The fourth-order valence-electron chi connectivity index (χ4n) is 1.58. The Morgan fingerprint density at radius 1 is 1.41 bits per heavy atom. The second-order valence-electron chi connectivity index (χ2n) is 3.59. The van der Waals surface area contributed by atoms with E-state index in [-0.39, 0.29) is 12.5 Å². The van der Waals surface area contributed by atoms with E-state index in [2.05, 4.69) is 15.9 Å². The number of amides is 1. The van der Waals surface area contributed by atoms with Gasteiger partial charge in [0.1, 0.15) is 5.52 Å². The SMILES string of the molecule is C#CCN(C)C(=O)c1cccc2nccnc12. The smallest absolute Gasteiger partial charge is 0.256 e. The second-order valence-corrected chi connectivity index (χ2v) is 3.59. The molecule has 0 radical (unpaired) electrons. The summed E-state index contributed by atoms with van der Waals surface area (Å²) in [7, 11) is 1.66. The van der Waals surface area contributed by atoms with Crippen LogP contribution in [0.3, 0.4) is 0 Å². The topological polar surface area (TPSA) is 46.1 Å². The summed E-state index contributed by atoms with van der Waals surface area (Å²) in [5.74, 6) is 2.29. The number of rotatable bonds is 2. The minimum Gasteiger partial charge on any atom is -0.330 e. The van der Waals surface area contributed by atoms with E-state index < -0.39 is 0 Å². The Bertz CT molecular complexity index is 596. The molecule has 2 rings (SSSR count). The van der Waals surface area contributed by atoms with Crippen LogP contribution in [-0.4, -0.2) is 34.4 Å². The lowest BCUT2D eigenvalue weighted by Gasteiger charge is -2.14. The Hall–Kier alpha value is -2.41. The lowest BCUT2D eigenvalue weighted by atomic mass is 10.1. The van der Waals surface area contributed by atoms with Crippen molar-refractivity contribution >= 4 is 16.9 Å². The predicted octanol–water partition coefficient (Wildman–Crippen LogP) is 1.33. The highest BCUT2D eigenvalue weighted by Gasteiger charge is 2.14. The third-order valence-electron chi connectivity index (χ3n) is 2.40. The Labute approximate surface area is 99.3 Å². The predicted molar refractivity (Wildman–Crippen MR) is 65.3 cm³/mol. The van der Waals surface area contributed by atoms with Crippen LogP contribution >= 0.6 is 0 Å². The van der Waals surface area contributed by atoms with Crippen molar-refractivity contribution in [1.82, 2.24) is 14.9 Å². The van der Waals surface area contributed by atoms with Crippen molar-refractivity contribution in [2.24, 2.45) is 0 Å². The maximum atomic E-state index is 12.1. The summed E-state index contributed by atoms with van der Waals surface area (Å²) in [6.45, 7) is 0.273. The molecule has 2 aromatic rings. The fourth-order valence-corrected chi connectivity index (χ4v) is 1.58. The van der Waals surface area contributed by atoms with Crippen molar-refractivity contribution < 1.29 is 4.79 Å². The second kappa shape index (κ2) is 4.62. The minimum atomic E-state index is -0.144. The van der Waals surface area contributed by atoms with Crippen molar-refractivity contribution in [3.8, 4) is 12.3 Å². The quantitative estimate of drug-likeness (QED) is 0.724. The van der Waals surface area contributed by atoms with Crippen LogP contribution < -0.4 is 0 Å². The zero-order valence-electron chi connectivity index (χ0n) is 9.42. The first-order valence-corrected chi connectivity index (χ1v) is 5.12. The Morgan fingerprint density at radius 3 is 2.94 bits per heavy atom. The molecule has 17 heavy (non-hydrogen) atoms. The first-order valence-electron chi connectivity index (χ1n) is 5.12. The normalized spacial score (nSPS) is 9.88. The summed E-state index contributed by atoms with van der Waals surface area (Å²) in [4.78, 5) is 21.9. The summed E-state index contributed by atoms with van der Waals surface area (Å²) >= 11 is 0. The van der Waals surface area contributed by atoms with Crippen LogP contribution in [0, 0.1) is 12.3 Å². The molecular formula is C13H11N3O. The molecule has 0 spiro atoms. The van der Waals surface area contributed by atoms with Crippen molar-refractivity contribution in [3.63, 3.8) is 0 Å². The van der Waals surface area contributed by atoms with Crippen LogP contribution in [0.4, 0.5) is 0 Å². The first-order chi connectivity index (χ1) is 8.24. The van der Waals surface area contributed by atoms with Gasteiger partial charge in [0.15, 0.2) is 0 Å². The number of terminal acetylenes is 1. The summed E-state index contributed by atoms with van der Waals surface area (Å²) in [5, 5.41) is 0. The number of para-hydroxylation sites is 1. The van der Waals surface area contributed by atoms with Crippen LogP contribution in [0.15, 0.2) is 30.6 Å². The third-order valence-corrected chi connectivity index (χ3v) is 2.40. The molecule has 0 aliphatic heterocycles. The molecule has 0 aliphatic carbocycles. The Kier molecular flexibility index (Phi) is 3.01. The molecule has 84 valence electrons. The summed E-state index contributed by atoms with van der Waals surface area (Å²) in [5.41, 5.74) is 1.82. The number of aromatic nitrogens is 2. The lowest BCUT2D eigenvalue weighted by molar-refractivity contribution is 0.0814. The zero-order valence-corrected chi connectivity index (χ0v) is 9.42. The van der Waals surface area contributed by atoms with Gasteiger partial charge < -0.3 is 4.90 Å². The highest BCUT2D eigenvalue weighted by Crippen LogP contribution is 2.15. The van der Waals surface area contributed by atoms with E-state index >= 15 is 0 Å². The van der Waals surface area contributed by atoms with Crippen LogP contribution in [0.2, 0.25) is 0 Å². The van der Waals surface area contributed by atoms with Gasteiger partial charge in [0.2, 0.25) is 0 Å². The molecule has 0 saturated heterocycles. The first kappa shape index (κ1) is 11.1. The van der Waals surface area contributed by atoms with Crippen molar-refractivity contribution in [2.45, 2.75) is 0 Å². The van der Waals surface area contributed by atoms with Gasteiger partial charge >= 0.3 is 0 Å². The highest BCUT2D eigenvalue weighted by molar-refractivity contribution is 6.04. The van der Waals surface area contributed by atoms with Gasteiger partial charge in [0.05, 0.1) is 17.6 Å². The molecule has 0 saturated carbocycles. The maximum Gasteiger partial charge on any atom is 0.256 e. The number of benzene rings is 1. The molecule has 1 aromatic heterocycles. The average molecular weight is 225 g/mol. The standard InChI is InChI=1S/C13H11N3O/c1-3-9-16(2)13(17)10-5-4-6-11-12(10)15-8-7-14-11/h1,4-8H,9H2,2H3. The molecule has 0 unspecified atom stereocenters. The Morgan fingerprint density at radius 2 is 2.18 bits per heavy atom. The summed E-state index contributed by atoms with van der Waals surface area (Å²) in [6.07, 6.45) is 8.35. The van der Waals surface area contributed by atoms with Crippen molar-refractivity contribution in [3.05, 3.63) is 36.2 Å². The molecule has 4 heteroatoms. The molecule has 1 heterocycles. The number of fused-ring (bicyclic) bond motifs is 1. The highest BCUT2D eigenvalue weighted by atomic mass is 16.2. The Balaban J connectivity index is 2.49. The van der Waals surface area contributed by atoms with Gasteiger partial charge in [-0.2, -0.15) is 0 Å². The van der Waals surface area contributed by atoms with Crippen LogP contribution in [-0.2, 0) is 0 Å². The number of hydrogen-bond acceptors (Lipinski definition) is 3. The zero-order chi connectivity index (χ0) is 12.3. The number of nitrogens with zero attached hydrogens (tertiary/aromatic N) is 3. The number of carbonyl (C=O) groups excluding carboxylic acids is 1. The fraction of sp³-hybridized carbons (Fsp3) is 0.154. The van der Waals surface area contributed by atoms with Gasteiger partial charge in [-0.15, -0.1) is 6.42 Å². The van der Waals surface area contributed by atoms with E-state index in [0.29, 0.717) is 16.6 Å². The van der Waals surface area contributed by atoms with Gasteiger partial charge in [-0.1, -0.05) is 12.0 Å². The van der Waals surface area contributed by atoms with E-state index in [1.54, 1.807) is 31.6 Å². The van der Waals surface area contributed by atoms with Gasteiger partial charge in [-0.05, 0) is 12.1 Å². The average Bonchev–Trinajstić information content (AvgIpc) is 2.37. The van der Waals surface area contributed by atoms with E-state index in [0.717, 1.165) is 0 Å². The van der Waals surface area contributed by atoms with Crippen LogP contribution in [0.1, 0.15) is 10.4 Å². The van der Waals surface area contributed by atoms with Gasteiger partial charge in [-0.25, -0.2) is 0 Å². The molecule has 1 amide bonds. The van der Waals surface area contributed by atoms with Gasteiger partial charge in [-0.3, -0.25) is 14.8 Å².